The lowest BCUT2D eigenvalue weighted by atomic mass is 10.4. The van der Waals surface area contributed by atoms with Crippen LogP contribution in [-0.4, -0.2) is 12.8 Å². The smallest absolute Gasteiger partial charge is 0.0199 e. The van der Waals surface area contributed by atoms with Crippen LogP contribution in [0.4, 0.5) is 0 Å². The monoisotopic (exact) mass is 119 g/mol. The Kier molecular flexibility index (Phi) is 4.80. The molecule has 0 aliphatic rings. The fraction of sp³-hybridized carbons (Fsp3) is 1.00. The highest BCUT2D eigenvalue weighted by molar-refractivity contribution is 7.54. The van der Waals surface area contributed by atoms with Crippen molar-refractivity contribution in [1.29, 1.82) is 0 Å². The van der Waals surface area contributed by atoms with Gasteiger partial charge >= 0.3 is 0 Å². The van der Waals surface area contributed by atoms with Crippen molar-refractivity contribution in [2.75, 3.05) is 12.8 Å². The summed E-state index contributed by atoms with van der Waals surface area (Å²) in [7, 11) is -0.106. The molecule has 0 aromatic heterocycles. The Morgan fingerprint density at radius 2 is 2.14 bits per heavy atom. The predicted octanol–water partition coefficient (Wildman–Crippen LogP) is 1.77. The molecule has 0 fully saturated rings. The van der Waals surface area contributed by atoms with E-state index in [2.05, 4.69) is 13.6 Å². The van der Waals surface area contributed by atoms with E-state index in [-0.39, 0.29) is 8.07 Å². The van der Waals surface area contributed by atoms with Crippen LogP contribution < -0.4 is 5.50 Å². The first-order chi connectivity index (χ1) is 3.27. The van der Waals surface area contributed by atoms with Gasteiger partial charge < -0.3 is 5.50 Å². The molecule has 0 bridgehead atoms. The zero-order chi connectivity index (χ0) is 5.70. The quantitative estimate of drug-likeness (QED) is 0.563. The zero-order valence-corrected chi connectivity index (χ0v) is 6.04. The molecule has 0 aliphatic carbocycles. The summed E-state index contributed by atoms with van der Waals surface area (Å²) in [5.41, 5.74) is 5.54. The molecule has 0 aromatic carbocycles. The van der Waals surface area contributed by atoms with Gasteiger partial charge in [0.1, 0.15) is 0 Å². The lowest BCUT2D eigenvalue weighted by Gasteiger charge is -2.00. The highest BCUT2D eigenvalue weighted by atomic mass is 31.1. The van der Waals surface area contributed by atoms with Crippen molar-refractivity contribution in [3.63, 3.8) is 0 Å². The molecule has 0 saturated heterocycles. The SMILES string of the molecule is CCCCP(C)N. The van der Waals surface area contributed by atoms with Crippen LogP contribution in [0.1, 0.15) is 19.8 Å². The number of unbranched alkanes of at least 4 members (excludes halogenated alkanes) is 1. The van der Waals surface area contributed by atoms with Gasteiger partial charge in [0.05, 0.1) is 0 Å². The molecular weight excluding hydrogens is 105 g/mol. The fourth-order valence-electron chi connectivity index (χ4n) is 0.408. The molecule has 0 radical (unpaired) electrons. The Labute approximate surface area is 47.1 Å². The molecule has 0 rings (SSSR count). The highest BCUT2D eigenvalue weighted by Crippen LogP contribution is 2.19. The molecule has 44 valence electrons. The van der Waals surface area contributed by atoms with Crippen molar-refractivity contribution in [2.45, 2.75) is 19.8 Å². The summed E-state index contributed by atoms with van der Waals surface area (Å²) >= 11 is 0. The number of hydrogen-bond acceptors (Lipinski definition) is 1. The van der Waals surface area contributed by atoms with Crippen molar-refractivity contribution in [3.8, 4) is 0 Å². The second-order valence-corrected chi connectivity index (χ2v) is 3.80. The molecular formula is C5H14NP. The van der Waals surface area contributed by atoms with Crippen molar-refractivity contribution >= 4 is 8.07 Å². The van der Waals surface area contributed by atoms with Crippen molar-refractivity contribution in [1.82, 2.24) is 0 Å². The van der Waals surface area contributed by atoms with Gasteiger partial charge in [-0.15, -0.1) is 0 Å². The van der Waals surface area contributed by atoms with Gasteiger partial charge in [-0.25, -0.2) is 0 Å². The molecule has 0 aromatic rings. The molecule has 0 heterocycles. The van der Waals surface area contributed by atoms with Crippen LogP contribution in [0.15, 0.2) is 0 Å². The van der Waals surface area contributed by atoms with Gasteiger partial charge in [0.25, 0.3) is 0 Å². The van der Waals surface area contributed by atoms with E-state index in [0.717, 1.165) is 0 Å². The summed E-state index contributed by atoms with van der Waals surface area (Å²) in [5, 5.41) is 0. The van der Waals surface area contributed by atoms with Crippen LogP contribution in [0.25, 0.3) is 0 Å². The summed E-state index contributed by atoms with van der Waals surface area (Å²) in [6, 6.07) is 0. The molecule has 1 nitrogen and oxygen atoms in total. The maximum atomic E-state index is 5.54. The molecule has 0 amide bonds. The van der Waals surface area contributed by atoms with Crippen LogP contribution in [0.5, 0.6) is 0 Å². The first-order valence-corrected chi connectivity index (χ1v) is 4.77. The minimum atomic E-state index is -0.106. The van der Waals surface area contributed by atoms with Gasteiger partial charge in [-0.05, 0) is 27.3 Å². The molecule has 2 heteroatoms. The van der Waals surface area contributed by atoms with Crippen LogP contribution in [0.3, 0.4) is 0 Å². The first kappa shape index (κ1) is 7.39. The van der Waals surface area contributed by atoms with Gasteiger partial charge in [-0.3, -0.25) is 0 Å². The summed E-state index contributed by atoms with van der Waals surface area (Å²) in [6.45, 7) is 4.31. The van der Waals surface area contributed by atoms with Crippen molar-refractivity contribution in [2.24, 2.45) is 5.50 Å². The van der Waals surface area contributed by atoms with Gasteiger partial charge in [-0.1, -0.05) is 13.3 Å². The van der Waals surface area contributed by atoms with E-state index < -0.39 is 0 Å². The third kappa shape index (κ3) is 6.39. The van der Waals surface area contributed by atoms with E-state index in [1.807, 2.05) is 0 Å². The van der Waals surface area contributed by atoms with Gasteiger partial charge in [0.2, 0.25) is 0 Å². The minimum Gasteiger partial charge on any atom is -0.310 e. The highest BCUT2D eigenvalue weighted by Gasteiger charge is 1.88. The molecule has 2 N–H and O–H groups in total. The standard InChI is InChI=1S/C5H14NP/c1-3-4-5-7(2)6/h3-6H2,1-2H3. The van der Waals surface area contributed by atoms with Gasteiger partial charge in [0, 0.05) is 0 Å². The first-order valence-electron chi connectivity index (χ1n) is 2.73. The maximum Gasteiger partial charge on any atom is -0.0199 e. The summed E-state index contributed by atoms with van der Waals surface area (Å²) in [5.74, 6) is 0. The Morgan fingerprint density at radius 1 is 1.57 bits per heavy atom. The van der Waals surface area contributed by atoms with Crippen LogP contribution >= 0.6 is 8.07 Å². The van der Waals surface area contributed by atoms with E-state index in [9.17, 15) is 0 Å². The third-order valence-corrected chi connectivity index (χ3v) is 1.89. The summed E-state index contributed by atoms with van der Waals surface area (Å²) in [4.78, 5) is 0. The maximum absolute atomic E-state index is 5.54. The van der Waals surface area contributed by atoms with E-state index in [1.165, 1.54) is 19.0 Å². The second kappa shape index (κ2) is 4.55. The molecule has 0 aliphatic heterocycles. The van der Waals surface area contributed by atoms with Gasteiger partial charge in [-0.2, -0.15) is 0 Å². The zero-order valence-electron chi connectivity index (χ0n) is 5.15. The predicted molar refractivity (Wildman–Crippen MR) is 36.8 cm³/mol. The van der Waals surface area contributed by atoms with E-state index >= 15 is 0 Å². The van der Waals surface area contributed by atoms with Gasteiger partial charge in [0.15, 0.2) is 0 Å². The molecule has 1 atom stereocenters. The Bertz CT molecular complexity index is 37.1. The fourth-order valence-corrected chi connectivity index (χ4v) is 1.22. The van der Waals surface area contributed by atoms with Crippen molar-refractivity contribution < 1.29 is 0 Å². The molecule has 7 heavy (non-hydrogen) atoms. The Morgan fingerprint density at radius 3 is 2.29 bits per heavy atom. The number of rotatable bonds is 3. The average molecular weight is 119 g/mol. The lowest BCUT2D eigenvalue weighted by Crippen LogP contribution is -1.89. The van der Waals surface area contributed by atoms with E-state index in [1.54, 1.807) is 0 Å². The van der Waals surface area contributed by atoms with E-state index in [4.69, 9.17) is 5.50 Å². The molecule has 0 spiro atoms. The average Bonchev–Trinajstić information content (AvgIpc) is 1.61. The normalized spacial score (nSPS) is 14.1. The van der Waals surface area contributed by atoms with Crippen molar-refractivity contribution in [3.05, 3.63) is 0 Å². The van der Waals surface area contributed by atoms with E-state index in [0.29, 0.717) is 0 Å². The van der Waals surface area contributed by atoms with Crippen LogP contribution in [-0.2, 0) is 0 Å². The Balaban J connectivity index is 2.68. The lowest BCUT2D eigenvalue weighted by molar-refractivity contribution is 0.891. The summed E-state index contributed by atoms with van der Waals surface area (Å²) in [6.07, 6.45) is 3.83. The van der Waals surface area contributed by atoms with Crippen LogP contribution in [0, 0.1) is 0 Å². The topological polar surface area (TPSA) is 26.0 Å². The Hall–Kier alpha value is 0.390. The minimum absolute atomic E-state index is 0.106. The summed E-state index contributed by atoms with van der Waals surface area (Å²) < 4.78 is 0. The largest absolute Gasteiger partial charge is 0.310 e. The molecule has 0 saturated carbocycles. The van der Waals surface area contributed by atoms with Crippen LogP contribution in [0.2, 0.25) is 0 Å². The number of hydrogen-bond donors (Lipinski definition) is 1. The molecule has 1 unspecified atom stereocenters. The third-order valence-electron chi connectivity index (χ3n) is 0.864. The number of nitrogens with two attached hydrogens (primary N) is 1. The second-order valence-electron chi connectivity index (χ2n) is 1.83.